The molecule has 0 aliphatic rings. The van der Waals surface area contributed by atoms with E-state index in [1.807, 2.05) is 0 Å². The maximum atomic E-state index is 14.0. The van der Waals surface area contributed by atoms with E-state index in [0.29, 0.717) is 17.7 Å². The summed E-state index contributed by atoms with van der Waals surface area (Å²) < 4.78 is 38.3. The molecule has 0 saturated carbocycles. The van der Waals surface area contributed by atoms with Gasteiger partial charge < -0.3 is 14.8 Å². The van der Waals surface area contributed by atoms with Crippen molar-refractivity contribution in [1.29, 1.82) is 0 Å². The van der Waals surface area contributed by atoms with Crippen molar-refractivity contribution < 1.29 is 18.3 Å². The van der Waals surface area contributed by atoms with E-state index in [2.05, 4.69) is 5.32 Å². The number of ether oxygens (including phenoxy) is 2. The Labute approximate surface area is 122 Å². The number of para-hydroxylation sites is 1. The van der Waals surface area contributed by atoms with E-state index >= 15 is 0 Å². The Bertz CT molecular complexity index is 617. The standard InChI is InChI=1S/C16H17F2NO2/c1-19-9-11-5-3-7-13(17)16(11)21-10-12-6-4-8-14(20-2)15(12)18/h3-8,19H,9-10H2,1-2H3. The van der Waals surface area contributed by atoms with E-state index in [0.717, 1.165) is 0 Å². The number of nitrogens with one attached hydrogen (secondary N) is 1. The predicted molar refractivity (Wildman–Crippen MR) is 76.4 cm³/mol. The third-order valence-corrected chi connectivity index (χ3v) is 3.05. The first-order valence-corrected chi connectivity index (χ1v) is 6.53. The van der Waals surface area contributed by atoms with Crippen LogP contribution in [0, 0.1) is 11.6 Å². The van der Waals surface area contributed by atoms with E-state index < -0.39 is 11.6 Å². The third kappa shape index (κ3) is 3.49. The molecule has 0 atom stereocenters. The normalized spacial score (nSPS) is 10.5. The Morgan fingerprint density at radius 1 is 1.05 bits per heavy atom. The van der Waals surface area contributed by atoms with Crippen molar-refractivity contribution in [2.75, 3.05) is 14.2 Å². The van der Waals surface area contributed by atoms with Crippen LogP contribution in [0.2, 0.25) is 0 Å². The van der Waals surface area contributed by atoms with Gasteiger partial charge >= 0.3 is 0 Å². The minimum Gasteiger partial charge on any atom is -0.494 e. The molecule has 0 aliphatic carbocycles. The Kier molecular flexibility index (Phi) is 5.11. The molecule has 0 heterocycles. The van der Waals surface area contributed by atoms with Crippen LogP contribution in [-0.2, 0) is 13.2 Å². The number of hydrogen-bond donors (Lipinski definition) is 1. The second kappa shape index (κ2) is 7.04. The smallest absolute Gasteiger partial charge is 0.171 e. The van der Waals surface area contributed by atoms with Gasteiger partial charge in [-0.15, -0.1) is 0 Å². The Hall–Kier alpha value is -2.14. The SMILES string of the molecule is CNCc1cccc(F)c1OCc1cccc(OC)c1F. The van der Waals surface area contributed by atoms with Crippen LogP contribution in [0.4, 0.5) is 8.78 Å². The molecule has 21 heavy (non-hydrogen) atoms. The summed E-state index contributed by atoms with van der Waals surface area (Å²) in [5, 5.41) is 2.94. The molecule has 0 aliphatic heterocycles. The summed E-state index contributed by atoms with van der Waals surface area (Å²) in [5.41, 5.74) is 0.994. The fourth-order valence-electron chi connectivity index (χ4n) is 2.02. The van der Waals surface area contributed by atoms with E-state index in [-0.39, 0.29) is 18.1 Å². The van der Waals surface area contributed by atoms with E-state index in [9.17, 15) is 8.78 Å². The van der Waals surface area contributed by atoms with Crippen LogP contribution in [0.3, 0.4) is 0 Å². The lowest BCUT2D eigenvalue weighted by molar-refractivity contribution is 0.278. The topological polar surface area (TPSA) is 30.5 Å². The molecular weight excluding hydrogens is 276 g/mol. The average molecular weight is 293 g/mol. The highest BCUT2D eigenvalue weighted by Gasteiger charge is 2.13. The van der Waals surface area contributed by atoms with Gasteiger partial charge in [0.2, 0.25) is 0 Å². The van der Waals surface area contributed by atoms with Gasteiger partial charge in [0.25, 0.3) is 0 Å². The molecule has 0 saturated heterocycles. The highest BCUT2D eigenvalue weighted by Crippen LogP contribution is 2.26. The molecule has 2 aromatic rings. The van der Waals surface area contributed by atoms with Crippen LogP contribution in [0.5, 0.6) is 11.5 Å². The largest absolute Gasteiger partial charge is 0.494 e. The van der Waals surface area contributed by atoms with Gasteiger partial charge in [-0.25, -0.2) is 8.78 Å². The first kappa shape index (κ1) is 15.3. The molecule has 0 aromatic heterocycles. The van der Waals surface area contributed by atoms with Crippen LogP contribution in [0.15, 0.2) is 36.4 Å². The highest BCUT2D eigenvalue weighted by molar-refractivity contribution is 5.36. The first-order chi connectivity index (χ1) is 10.2. The zero-order valence-electron chi connectivity index (χ0n) is 12.0. The second-order valence-corrected chi connectivity index (χ2v) is 4.48. The monoisotopic (exact) mass is 293 g/mol. The van der Waals surface area contributed by atoms with Gasteiger partial charge in [-0.2, -0.15) is 0 Å². The van der Waals surface area contributed by atoms with Crippen LogP contribution < -0.4 is 14.8 Å². The molecule has 0 fully saturated rings. The minimum atomic E-state index is -0.494. The third-order valence-electron chi connectivity index (χ3n) is 3.05. The van der Waals surface area contributed by atoms with Crippen LogP contribution in [0.25, 0.3) is 0 Å². The lowest BCUT2D eigenvalue weighted by Crippen LogP contribution is -2.09. The lowest BCUT2D eigenvalue weighted by atomic mass is 10.2. The van der Waals surface area contributed by atoms with E-state index in [1.54, 1.807) is 31.3 Å². The summed E-state index contributed by atoms with van der Waals surface area (Å²) in [6.07, 6.45) is 0. The Morgan fingerprint density at radius 3 is 2.48 bits per heavy atom. The lowest BCUT2D eigenvalue weighted by Gasteiger charge is -2.13. The van der Waals surface area contributed by atoms with Gasteiger partial charge in [-0.3, -0.25) is 0 Å². The van der Waals surface area contributed by atoms with Gasteiger partial charge in [0.1, 0.15) is 6.61 Å². The summed E-state index contributed by atoms with van der Waals surface area (Å²) in [6.45, 7) is 0.397. The molecule has 5 heteroatoms. The van der Waals surface area contributed by atoms with E-state index in [4.69, 9.17) is 9.47 Å². The molecule has 112 valence electrons. The summed E-state index contributed by atoms with van der Waals surface area (Å²) >= 11 is 0. The Balaban J connectivity index is 2.20. The average Bonchev–Trinajstić information content (AvgIpc) is 2.48. The molecular formula is C16H17F2NO2. The van der Waals surface area contributed by atoms with Gasteiger partial charge in [0.15, 0.2) is 23.1 Å². The fraction of sp³-hybridized carbons (Fsp3) is 0.250. The summed E-state index contributed by atoms with van der Waals surface area (Å²) in [4.78, 5) is 0. The molecule has 2 aromatic carbocycles. The van der Waals surface area contributed by atoms with Gasteiger partial charge in [-0.1, -0.05) is 24.3 Å². The zero-order valence-corrected chi connectivity index (χ0v) is 12.0. The minimum absolute atomic E-state index is 0.0688. The van der Waals surface area contributed by atoms with Crippen molar-refractivity contribution in [3.05, 3.63) is 59.2 Å². The van der Waals surface area contributed by atoms with Crippen LogP contribution in [0.1, 0.15) is 11.1 Å². The number of methoxy groups -OCH3 is 1. The summed E-state index contributed by atoms with van der Waals surface area (Å²) in [5.74, 6) is -0.688. The number of benzene rings is 2. The molecule has 1 N–H and O–H groups in total. The van der Waals surface area contributed by atoms with Gasteiger partial charge in [0, 0.05) is 17.7 Å². The number of halogens is 2. The van der Waals surface area contributed by atoms with Crippen LogP contribution >= 0.6 is 0 Å². The van der Waals surface area contributed by atoms with Crippen molar-refractivity contribution in [3.63, 3.8) is 0 Å². The van der Waals surface area contributed by atoms with E-state index in [1.165, 1.54) is 19.2 Å². The summed E-state index contributed by atoms with van der Waals surface area (Å²) in [6, 6.07) is 9.45. The van der Waals surface area contributed by atoms with Gasteiger partial charge in [0.05, 0.1) is 7.11 Å². The molecule has 0 amide bonds. The molecule has 0 bridgehead atoms. The van der Waals surface area contributed by atoms with Crippen molar-refractivity contribution in [2.24, 2.45) is 0 Å². The van der Waals surface area contributed by atoms with Crippen LogP contribution in [-0.4, -0.2) is 14.2 Å². The fourth-order valence-corrected chi connectivity index (χ4v) is 2.02. The van der Waals surface area contributed by atoms with Crippen molar-refractivity contribution >= 4 is 0 Å². The maximum absolute atomic E-state index is 14.0. The molecule has 0 radical (unpaired) electrons. The summed E-state index contributed by atoms with van der Waals surface area (Å²) in [7, 11) is 3.15. The van der Waals surface area contributed by atoms with Crippen molar-refractivity contribution in [3.8, 4) is 11.5 Å². The molecule has 3 nitrogen and oxygen atoms in total. The van der Waals surface area contributed by atoms with Gasteiger partial charge in [-0.05, 0) is 19.2 Å². The number of rotatable bonds is 6. The number of hydrogen-bond acceptors (Lipinski definition) is 3. The molecule has 0 unspecified atom stereocenters. The predicted octanol–water partition coefficient (Wildman–Crippen LogP) is 3.27. The van der Waals surface area contributed by atoms with Crippen molar-refractivity contribution in [1.82, 2.24) is 5.32 Å². The maximum Gasteiger partial charge on any atom is 0.171 e. The Morgan fingerprint density at radius 2 is 1.76 bits per heavy atom. The highest BCUT2D eigenvalue weighted by atomic mass is 19.1. The second-order valence-electron chi connectivity index (χ2n) is 4.48. The quantitative estimate of drug-likeness (QED) is 0.886. The molecule has 2 rings (SSSR count). The zero-order chi connectivity index (χ0) is 15.2. The molecule has 0 spiro atoms. The first-order valence-electron chi connectivity index (χ1n) is 6.53. The van der Waals surface area contributed by atoms with Crippen molar-refractivity contribution in [2.45, 2.75) is 13.2 Å².